The Bertz CT molecular complexity index is 1450. The van der Waals surface area contributed by atoms with Crippen LogP contribution in [0.2, 0.25) is 43.8 Å². The van der Waals surface area contributed by atoms with Crippen molar-refractivity contribution in [2.75, 3.05) is 19.8 Å². The number of ether oxygens (including phenoxy) is 4. The summed E-state index contributed by atoms with van der Waals surface area (Å²) in [5.74, 6) is -2.73. The van der Waals surface area contributed by atoms with Gasteiger partial charge in [0.15, 0.2) is 25.9 Å². The summed E-state index contributed by atoms with van der Waals surface area (Å²) in [5, 5.41) is 0.0344. The zero-order valence-electron chi connectivity index (χ0n) is 26.2. The highest BCUT2D eigenvalue weighted by molar-refractivity contribution is 6.76. The molecule has 1 aromatic carbocycles. The Balaban J connectivity index is 1.44. The molecule has 4 atom stereocenters. The van der Waals surface area contributed by atoms with Gasteiger partial charge < -0.3 is 23.4 Å². The number of fused-ring (bicyclic) bond motifs is 2. The molecule has 43 heavy (non-hydrogen) atoms. The second-order valence-corrected chi connectivity index (χ2v) is 24.5. The molecule has 3 aromatic rings. The molecule has 0 amide bonds. The van der Waals surface area contributed by atoms with Crippen molar-refractivity contribution in [1.82, 2.24) is 14.5 Å². The van der Waals surface area contributed by atoms with Gasteiger partial charge in [-0.15, -0.1) is 0 Å². The monoisotopic (exact) mass is 637 g/mol. The molecular weight excluding hydrogens is 596 g/mol. The van der Waals surface area contributed by atoms with Gasteiger partial charge in [0.05, 0.1) is 24.9 Å². The molecule has 2 aliphatic rings. The summed E-state index contributed by atoms with van der Waals surface area (Å²) in [4.78, 5) is 8.86. The van der Waals surface area contributed by atoms with Gasteiger partial charge in [-0.2, -0.15) is 4.98 Å². The summed E-state index contributed by atoms with van der Waals surface area (Å²) in [5.41, 5.74) is -0.643. The Hall–Kier alpha value is -2.30. The zero-order valence-corrected chi connectivity index (χ0v) is 28.2. The van der Waals surface area contributed by atoms with E-state index in [1.165, 1.54) is 6.07 Å². The van der Waals surface area contributed by atoms with Crippen molar-refractivity contribution >= 4 is 27.6 Å². The summed E-state index contributed by atoms with van der Waals surface area (Å²) >= 11 is 0. The first-order chi connectivity index (χ1) is 20.1. The molecular formula is C30H42F3N3O5Si2. The number of aromatic nitrogens is 3. The predicted octanol–water partition coefficient (Wildman–Crippen LogP) is 6.76. The van der Waals surface area contributed by atoms with E-state index in [1.54, 1.807) is 4.57 Å². The van der Waals surface area contributed by atoms with Gasteiger partial charge in [0.1, 0.15) is 41.8 Å². The largest absolute Gasteiger partial charge is 0.456 e. The van der Waals surface area contributed by atoms with Gasteiger partial charge in [0.25, 0.3) is 0 Å². The lowest BCUT2D eigenvalue weighted by Gasteiger charge is -2.39. The Labute approximate surface area is 253 Å². The average Bonchev–Trinajstić information content (AvgIpc) is 3.56. The van der Waals surface area contributed by atoms with Crippen LogP contribution in [0, 0.1) is 17.5 Å². The van der Waals surface area contributed by atoms with Crippen molar-refractivity contribution in [2.24, 2.45) is 0 Å². The zero-order chi connectivity index (χ0) is 31.3. The number of benzene rings is 1. The molecule has 0 radical (unpaired) electrons. The van der Waals surface area contributed by atoms with E-state index >= 15 is 4.39 Å². The second-order valence-electron chi connectivity index (χ2n) is 14.1. The van der Waals surface area contributed by atoms with Crippen molar-refractivity contribution in [3.05, 3.63) is 41.7 Å². The van der Waals surface area contributed by atoms with Gasteiger partial charge in [-0.05, 0) is 36.3 Å². The van der Waals surface area contributed by atoms with Crippen molar-refractivity contribution in [1.29, 1.82) is 0 Å². The van der Waals surface area contributed by atoms with Crippen LogP contribution in [0.4, 0.5) is 13.2 Å². The number of hydrogen-bond donors (Lipinski definition) is 0. The molecule has 0 unspecified atom stereocenters. The van der Waals surface area contributed by atoms with E-state index in [2.05, 4.69) is 63.5 Å². The van der Waals surface area contributed by atoms with E-state index < -0.39 is 51.2 Å². The highest BCUT2D eigenvalue weighted by Gasteiger charge is 2.52. The molecule has 2 aromatic heterocycles. The Morgan fingerprint density at radius 3 is 2.19 bits per heavy atom. The van der Waals surface area contributed by atoms with Crippen molar-refractivity contribution in [3.63, 3.8) is 0 Å². The summed E-state index contributed by atoms with van der Waals surface area (Å²) in [6, 6.07) is 5.51. The lowest BCUT2D eigenvalue weighted by molar-refractivity contribution is 0.00687. The molecule has 2 fully saturated rings. The first-order valence-corrected chi connectivity index (χ1v) is 21.3. The van der Waals surface area contributed by atoms with Crippen LogP contribution < -0.4 is 4.74 Å². The van der Waals surface area contributed by atoms with E-state index in [0.29, 0.717) is 13.2 Å². The SMILES string of the molecule is CC(C)(C)[Si](C)(C)O[C@@H]1CO[C@H]2[C@@H]1OC[C@H]2Oc1nc2cc(F)c(-c3c(F)cccc3F)nc2n1COCC[Si](C)(C)C. The molecule has 4 heterocycles. The van der Waals surface area contributed by atoms with Gasteiger partial charge in [0.2, 0.25) is 0 Å². The second kappa shape index (κ2) is 11.9. The van der Waals surface area contributed by atoms with Gasteiger partial charge >= 0.3 is 6.01 Å². The molecule has 236 valence electrons. The topological polar surface area (TPSA) is 76.9 Å². The fourth-order valence-electron chi connectivity index (χ4n) is 4.97. The molecule has 2 aliphatic heterocycles. The molecule has 0 spiro atoms. The minimum Gasteiger partial charge on any atom is -0.456 e. The third kappa shape index (κ3) is 6.71. The molecule has 0 N–H and O–H groups in total. The number of rotatable bonds is 10. The van der Waals surface area contributed by atoms with Gasteiger partial charge in [-0.1, -0.05) is 46.5 Å². The maximum Gasteiger partial charge on any atom is 0.301 e. The number of imidazole rings is 1. The van der Waals surface area contributed by atoms with Crippen LogP contribution in [0.1, 0.15) is 20.8 Å². The van der Waals surface area contributed by atoms with Crippen molar-refractivity contribution in [3.8, 4) is 17.3 Å². The molecule has 5 rings (SSSR count). The Kier molecular flexibility index (Phi) is 8.88. The lowest BCUT2D eigenvalue weighted by Crippen LogP contribution is -2.47. The predicted molar refractivity (Wildman–Crippen MR) is 163 cm³/mol. The van der Waals surface area contributed by atoms with Crippen LogP contribution in [-0.2, 0) is 25.4 Å². The molecule has 13 heteroatoms. The lowest BCUT2D eigenvalue weighted by atomic mass is 10.1. The normalized spacial score (nSPS) is 22.9. The molecule has 0 aliphatic carbocycles. The van der Waals surface area contributed by atoms with Crippen LogP contribution in [-0.4, -0.2) is 75.2 Å². The summed E-state index contributed by atoms with van der Waals surface area (Å²) in [6.45, 7) is 18.8. The van der Waals surface area contributed by atoms with E-state index in [1.807, 2.05) is 0 Å². The third-order valence-corrected chi connectivity index (χ3v) is 14.7. The Morgan fingerprint density at radius 2 is 1.56 bits per heavy atom. The summed E-state index contributed by atoms with van der Waals surface area (Å²) in [6.07, 6.45) is -1.40. The first kappa shape index (κ1) is 32.1. The van der Waals surface area contributed by atoms with Crippen molar-refractivity contribution in [2.45, 2.75) is 95.7 Å². The van der Waals surface area contributed by atoms with Crippen LogP contribution in [0.25, 0.3) is 22.4 Å². The molecule has 2 saturated heterocycles. The average molecular weight is 638 g/mol. The van der Waals surface area contributed by atoms with Crippen molar-refractivity contribution < 1.29 is 36.5 Å². The first-order valence-electron chi connectivity index (χ1n) is 14.7. The highest BCUT2D eigenvalue weighted by atomic mass is 28.4. The van der Waals surface area contributed by atoms with Gasteiger partial charge in [0, 0.05) is 20.7 Å². The van der Waals surface area contributed by atoms with Crippen LogP contribution in [0.15, 0.2) is 24.3 Å². The van der Waals surface area contributed by atoms with Crippen LogP contribution >= 0.6 is 0 Å². The summed E-state index contributed by atoms with van der Waals surface area (Å²) < 4.78 is 77.3. The van der Waals surface area contributed by atoms with Crippen LogP contribution in [0.3, 0.4) is 0 Å². The Morgan fingerprint density at radius 1 is 0.930 bits per heavy atom. The minimum atomic E-state index is -2.06. The molecule has 0 bridgehead atoms. The number of hydrogen-bond acceptors (Lipinski definition) is 7. The van der Waals surface area contributed by atoms with E-state index in [4.69, 9.17) is 23.4 Å². The maximum absolute atomic E-state index is 15.2. The highest BCUT2D eigenvalue weighted by Crippen LogP contribution is 2.41. The molecule has 0 saturated carbocycles. The van der Waals surface area contributed by atoms with Gasteiger partial charge in [-0.25, -0.2) is 18.2 Å². The van der Waals surface area contributed by atoms with E-state index in [0.717, 1.165) is 24.2 Å². The van der Waals surface area contributed by atoms with E-state index in [9.17, 15) is 8.78 Å². The maximum atomic E-state index is 15.2. The third-order valence-electron chi connectivity index (χ3n) is 8.53. The number of pyridine rings is 1. The number of nitrogens with zero attached hydrogens (tertiary/aromatic N) is 3. The summed E-state index contributed by atoms with van der Waals surface area (Å²) in [7, 11) is -3.44. The minimum absolute atomic E-state index is 0.00772. The standard InChI is InChI=1S/C30H42F3N3O5Si2/c1-30(2,3)43(7,8)41-23-16-39-26-22(15-38-27(23)26)40-29-34-21-14-20(33)25(24-18(31)10-9-11-19(24)32)35-28(21)36(29)17-37-12-13-42(4,5)6/h9-11,14,22-23,26-27H,12-13,15-17H2,1-8H3/t22-,23-,26-,27-/m1/s1. The van der Waals surface area contributed by atoms with Crippen LogP contribution in [0.5, 0.6) is 6.01 Å². The van der Waals surface area contributed by atoms with E-state index in [-0.39, 0.29) is 53.9 Å². The molecule has 8 nitrogen and oxygen atoms in total. The fraction of sp³-hybridized carbons (Fsp3) is 0.600. The van der Waals surface area contributed by atoms with Gasteiger partial charge in [-0.3, -0.25) is 4.57 Å². The quantitative estimate of drug-likeness (QED) is 0.180. The smallest absolute Gasteiger partial charge is 0.301 e. The fourth-order valence-corrected chi connectivity index (χ4v) is 7.04. The number of halogens is 3.